The van der Waals surface area contributed by atoms with Gasteiger partial charge in [0.15, 0.2) is 0 Å². The summed E-state index contributed by atoms with van der Waals surface area (Å²) in [6, 6.07) is 7.74. The zero-order chi connectivity index (χ0) is 8.10. The molecular weight excluding hydrogens is 453 g/mol. The molecule has 0 radical (unpaired) electrons. The molecule has 1 aromatic carbocycles. The van der Waals surface area contributed by atoms with Crippen molar-refractivity contribution in [3.63, 3.8) is 0 Å². The molecule has 0 atom stereocenters. The van der Waals surface area contributed by atoms with E-state index in [9.17, 15) is 4.79 Å². The Balaban J connectivity index is 0.00000121. The second-order valence-electron chi connectivity index (χ2n) is 2.08. The van der Waals surface area contributed by atoms with E-state index in [1.807, 2.05) is 24.3 Å². The van der Waals surface area contributed by atoms with Crippen LogP contribution >= 0.6 is 15.9 Å². The van der Waals surface area contributed by atoms with Crippen LogP contribution in [0.25, 0.3) is 0 Å². The van der Waals surface area contributed by atoms with E-state index in [2.05, 4.69) is 21.2 Å². The average molecular weight is 460 g/mol. The van der Waals surface area contributed by atoms with Crippen molar-refractivity contribution in [1.29, 1.82) is 0 Å². The zero-order valence-electron chi connectivity index (χ0n) is 6.16. The monoisotopic (exact) mass is 455 g/mol. The number of nitrogens with one attached hydrogen (secondary N) is 1. The fourth-order valence-corrected chi connectivity index (χ4v) is 1.00. The summed E-state index contributed by atoms with van der Waals surface area (Å²) in [6.07, 6.45) is 1.62. The first-order valence-corrected chi connectivity index (χ1v) is 3.96. The van der Waals surface area contributed by atoms with Crippen LogP contribution in [0.2, 0.25) is 0 Å². The number of hydrogen-bond acceptors (Lipinski definition) is 1. The second-order valence-corrected chi connectivity index (χ2v) is 3.00. The SMILES string of the molecule is O=[C-]NCc1ccc(Br)cc1.[Cm]. The van der Waals surface area contributed by atoms with Gasteiger partial charge >= 0.3 is 0 Å². The average Bonchev–Trinajstić information content (AvgIpc) is 2.04. The quantitative estimate of drug-likeness (QED) is 0.540. The number of hydrogen-bond donors (Lipinski definition) is 1. The fraction of sp³-hybridized carbons (Fsp3) is 0.125. The summed E-state index contributed by atoms with van der Waals surface area (Å²) in [5, 5.41) is 2.46. The van der Waals surface area contributed by atoms with Crippen molar-refractivity contribution >= 4 is 22.3 Å². The Morgan fingerprint density at radius 2 is 1.92 bits per heavy atom. The molecule has 0 aliphatic rings. The molecule has 12 heavy (non-hydrogen) atoms. The van der Waals surface area contributed by atoms with Crippen molar-refractivity contribution in [3.05, 3.63) is 34.3 Å². The third-order valence-corrected chi connectivity index (χ3v) is 1.81. The number of halogens is 1. The van der Waals surface area contributed by atoms with Gasteiger partial charge in [0.05, 0.1) is 0 Å². The van der Waals surface area contributed by atoms with E-state index >= 15 is 0 Å². The molecule has 1 amide bonds. The molecule has 0 bridgehead atoms. The van der Waals surface area contributed by atoms with Crippen LogP contribution in [-0.4, -0.2) is 6.41 Å². The van der Waals surface area contributed by atoms with Crippen LogP contribution in [0.5, 0.6) is 0 Å². The van der Waals surface area contributed by atoms with Crippen LogP contribution in [0, 0.1) is 0 Å². The Labute approximate surface area is 73.7 Å². The maximum Gasteiger partial charge on any atom is 0.0175 e. The van der Waals surface area contributed by atoms with E-state index < -0.39 is 0 Å². The predicted molar refractivity (Wildman–Crippen MR) is 46.7 cm³/mol. The maximum absolute atomic E-state index is 9.80. The van der Waals surface area contributed by atoms with Crippen LogP contribution in [-0.2, 0) is 11.3 Å². The van der Waals surface area contributed by atoms with E-state index in [1.54, 1.807) is 6.41 Å². The van der Waals surface area contributed by atoms with Crippen LogP contribution in [0.4, 0.5) is 0 Å². The summed E-state index contributed by atoms with van der Waals surface area (Å²) in [5.41, 5.74) is 1.07. The van der Waals surface area contributed by atoms with Crippen molar-refractivity contribution in [2.75, 3.05) is 0 Å². The van der Waals surface area contributed by atoms with Crippen molar-refractivity contribution in [3.8, 4) is 0 Å². The summed E-state index contributed by atoms with van der Waals surface area (Å²) in [5.74, 6) is 0. The summed E-state index contributed by atoms with van der Waals surface area (Å²) in [6.45, 7) is 0.538. The molecule has 1 rings (SSSR count). The summed E-state index contributed by atoms with van der Waals surface area (Å²) in [4.78, 5) is 9.80. The van der Waals surface area contributed by atoms with Gasteiger partial charge in [0, 0.05) is 11.0 Å². The molecule has 4 heteroatoms. The minimum absolute atomic E-state index is 0. The Morgan fingerprint density at radius 3 is 2.42 bits per heavy atom. The third-order valence-electron chi connectivity index (χ3n) is 1.28. The summed E-state index contributed by atoms with van der Waals surface area (Å²) < 4.78 is 1.04. The Hall–Kier alpha value is -1.83. The van der Waals surface area contributed by atoms with Crippen molar-refractivity contribution < 1.29 is 4.79 Å². The van der Waals surface area contributed by atoms with Gasteiger partial charge in [0.25, 0.3) is 0 Å². The minimum atomic E-state index is 0. The Morgan fingerprint density at radius 1 is 1.33 bits per heavy atom. The minimum Gasteiger partial charge on any atom is -0.526 e. The Bertz CT molecular complexity index is 237. The predicted octanol–water partition coefficient (Wildman–Crippen LogP) is 1.61. The number of benzene rings is 1. The largest absolute Gasteiger partial charge is 0.526 e. The Kier molecular flexibility index (Phi) is 4.16. The van der Waals surface area contributed by atoms with Gasteiger partial charge in [0.1, 0.15) is 0 Å². The molecule has 0 spiro atoms. The van der Waals surface area contributed by atoms with Crippen LogP contribution in [0.1, 0.15) is 5.56 Å². The van der Waals surface area contributed by atoms with Crippen molar-refractivity contribution in [1.82, 2.24) is 5.32 Å². The molecule has 0 unspecified atom stereocenters. The van der Waals surface area contributed by atoms with Crippen molar-refractivity contribution in [2.45, 2.75) is 6.54 Å². The van der Waals surface area contributed by atoms with Gasteiger partial charge in [-0.3, -0.25) is 0 Å². The standard InChI is InChI=1S/C8H7BrNO.Cm/c9-8-3-1-7(2-4-8)5-10-6-11;/h1-4H,5H2,(H,10,11);/q-1;. The molecule has 0 aromatic heterocycles. The molecular formula is C8H7BrCmNO-. The van der Waals surface area contributed by atoms with Gasteiger partial charge in [-0.25, -0.2) is 0 Å². The first-order valence-electron chi connectivity index (χ1n) is 3.17. The molecule has 1 N–H and O–H groups in total. The summed E-state index contributed by atoms with van der Waals surface area (Å²) >= 11 is 3.32. The van der Waals surface area contributed by atoms with E-state index in [-0.39, 0.29) is 0 Å². The van der Waals surface area contributed by atoms with E-state index in [1.165, 1.54) is 0 Å². The van der Waals surface area contributed by atoms with E-state index in [0.29, 0.717) is 6.54 Å². The van der Waals surface area contributed by atoms with Crippen LogP contribution in [0.3, 0.4) is 0 Å². The molecule has 0 saturated heterocycles. The molecule has 0 heterocycles. The van der Waals surface area contributed by atoms with Gasteiger partial charge < -0.3 is 10.1 Å². The van der Waals surface area contributed by atoms with Crippen LogP contribution in [0.15, 0.2) is 28.7 Å². The van der Waals surface area contributed by atoms with E-state index in [0.717, 1.165) is 10.0 Å². The van der Waals surface area contributed by atoms with Gasteiger partial charge in [0.2, 0.25) is 0 Å². The normalized spacial score (nSPS) is 8.42. The molecule has 66 valence electrons. The smallest absolute Gasteiger partial charge is 0.0175 e. The maximum atomic E-state index is 9.80. The molecule has 0 saturated carbocycles. The molecule has 1 aromatic rings. The molecule has 2 nitrogen and oxygen atoms in total. The fourth-order valence-electron chi connectivity index (χ4n) is 0.740. The molecule has 0 aliphatic heterocycles. The van der Waals surface area contributed by atoms with Crippen molar-refractivity contribution in [2.24, 2.45) is 0 Å². The first-order chi connectivity index (χ1) is 5.33. The number of carbonyl (C=O) groups excluding carboxylic acids is 1. The van der Waals surface area contributed by atoms with Gasteiger partial charge in [-0.15, -0.1) is 0 Å². The van der Waals surface area contributed by atoms with Gasteiger partial charge in [-0.1, -0.05) is 28.1 Å². The third kappa shape index (κ3) is 2.84. The summed E-state index contributed by atoms with van der Waals surface area (Å²) in [7, 11) is 0. The van der Waals surface area contributed by atoms with Gasteiger partial charge in [-0.05, 0) is 17.7 Å². The number of rotatable bonds is 3. The zero-order valence-corrected chi connectivity index (χ0v) is 10.7. The van der Waals surface area contributed by atoms with Crippen LogP contribution < -0.4 is 5.32 Å². The second kappa shape index (κ2) is 4.91. The number of amides is 1. The van der Waals surface area contributed by atoms with E-state index in [4.69, 9.17) is 0 Å². The van der Waals surface area contributed by atoms with Gasteiger partial charge in [-0.2, -0.15) is 6.41 Å². The topological polar surface area (TPSA) is 29.1 Å². The molecule has 0 fully saturated rings. The first kappa shape index (κ1) is 10.2. The molecule has 0 aliphatic carbocycles.